The average Bonchev–Trinajstić information content (AvgIpc) is 3.69. The second-order valence-corrected chi connectivity index (χ2v) is 13.9. The van der Waals surface area contributed by atoms with Crippen LogP contribution >= 0.6 is 0 Å². The average molecular weight is 723 g/mol. The molecule has 0 aliphatic carbocycles. The van der Waals surface area contributed by atoms with Crippen molar-refractivity contribution in [2.45, 2.75) is 46.1 Å². The fourth-order valence-corrected chi connectivity index (χ4v) is 7.15. The molecule has 14 heteroatoms. The highest BCUT2D eigenvalue weighted by molar-refractivity contribution is 6.35. The molecule has 53 heavy (non-hydrogen) atoms. The molecule has 1 aromatic heterocycles. The lowest BCUT2D eigenvalue weighted by Gasteiger charge is -2.27. The van der Waals surface area contributed by atoms with Crippen molar-refractivity contribution in [1.82, 2.24) is 30.3 Å². The van der Waals surface area contributed by atoms with Crippen LogP contribution in [0, 0.1) is 13.8 Å². The lowest BCUT2D eigenvalue weighted by atomic mass is 10.0. The molecule has 3 aliphatic heterocycles. The summed E-state index contributed by atoms with van der Waals surface area (Å²) in [6.07, 6.45) is 2.83. The molecular weight excluding hydrogens is 676 g/mol. The van der Waals surface area contributed by atoms with E-state index in [1.54, 1.807) is 18.2 Å². The SMILES string of the molecule is CCN(CCNC(=O)c1c(C)[nH]c(/C=C2\C(=O)Nc3ccc(CCN(C)C)cc32)c1C)CCNc1cccc2c1C(=O)N(C1CCC(=O)NC1=O)C2=O. The van der Waals surface area contributed by atoms with E-state index in [-0.39, 0.29) is 35.8 Å². The summed E-state index contributed by atoms with van der Waals surface area (Å²) in [5.41, 5.74) is 6.97. The lowest BCUT2D eigenvalue weighted by molar-refractivity contribution is -0.136. The Morgan fingerprint density at radius 2 is 1.74 bits per heavy atom. The van der Waals surface area contributed by atoms with E-state index in [0.717, 1.165) is 40.2 Å². The highest BCUT2D eigenvalue weighted by Gasteiger charge is 2.45. The zero-order valence-electron chi connectivity index (χ0n) is 30.8. The van der Waals surface area contributed by atoms with Gasteiger partial charge in [-0.1, -0.05) is 19.1 Å². The van der Waals surface area contributed by atoms with E-state index in [1.807, 2.05) is 53.1 Å². The zero-order chi connectivity index (χ0) is 38.0. The summed E-state index contributed by atoms with van der Waals surface area (Å²) in [7, 11) is 4.06. The number of hydrogen-bond acceptors (Lipinski definition) is 9. The Bertz CT molecular complexity index is 2030. The number of rotatable bonds is 14. The van der Waals surface area contributed by atoms with Gasteiger partial charge in [-0.25, -0.2) is 0 Å². The maximum absolute atomic E-state index is 13.4. The van der Waals surface area contributed by atoms with Crippen LogP contribution < -0.4 is 21.3 Å². The molecular formula is C39H46N8O6. The number of fused-ring (bicyclic) bond motifs is 2. The van der Waals surface area contributed by atoms with Gasteiger partial charge in [0.15, 0.2) is 0 Å². The van der Waals surface area contributed by atoms with Gasteiger partial charge in [0.1, 0.15) is 6.04 Å². The standard InChI is InChI=1S/C39H46N8O6/c1-6-46(18-15-40-29-9-7-8-25-34(29)39(53)47(38(25)52)31-12-13-32(48)44-36(31)50)19-16-41-37(51)33-22(2)30(42-23(33)3)21-27-26-20-24(14-17-45(4)5)10-11-28(26)43-35(27)49/h7-11,20-21,31,40,42H,6,12-19H2,1-5H3,(H,41,51)(H,43,49)(H,44,48,50)/b27-21-. The number of nitrogens with one attached hydrogen (secondary N) is 5. The Kier molecular flexibility index (Phi) is 10.9. The molecule has 0 bridgehead atoms. The first-order valence-corrected chi connectivity index (χ1v) is 18.0. The summed E-state index contributed by atoms with van der Waals surface area (Å²) in [6.45, 7) is 9.37. The van der Waals surface area contributed by atoms with Crippen molar-refractivity contribution < 1.29 is 28.8 Å². The largest absolute Gasteiger partial charge is 0.383 e. The minimum atomic E-state index is -1.03. The first-order chi connectivity index (χ1) is 25.4. The van der Waals surface area contributed by atoms with Crippen LogP contribution in [-0.2, 0) is 20.8 Å². The van der Waals surface area contributed by atoms with Gasteiger partial charge < -0.3 is 30.7 Å². The maximum Gasteiger partial charge on any atom is 0.264 e. The second kappa shape index (κ2) is 15.6. The number of carbonyl (C=O) groups is 6. The minimum Gasteiger partial charge on any atom is -0.383 e. The summed E-state index contributed by atoms with van der Waals surface area (Å²) in [5, 5.41) is 11.5. The first-order valence-electron chi connectivity index (χ1n) is 18.0. The molecule has 0 radical (unpaired) electrons. The number of nitrogens with zero attached hydrogens (tertiary/aromatic N) is 3. The molecule has 0 saturated carbocycles. The molecule has 5 N–H and O–H groups in total. The number of anilines is 2. The van der Waals surface area contributed by atoms with Crippen molar-refractivity contribution in [3.8, 4) is 0 Å². The Balaban J connectivity index is 1.04. The van der Waals surface area contributed by atoms with Crippen molar-refractivity contribution in [3.63, 3.8) is 0 Å². The van der Waals surface area contributed by atoms with Crippen LogP contribution in [0.15, 0.2) is 36.4 Å². The maximum atomic E-state index is 13.4. The molecule has 1 saturated heterocycles. The van der Waals surface area contributed by atoms with Crippen molar-refractivity contribution in [1.29, 1.82) is 0 Å². The van der Waals surface area contributed by atoms with Gasteiger partial charge in [0, 0.05) is 67.5 Å². The molecule has 1 fully saturated rings. The van der Waals surface area contributed by atoms with Crippen LogP contribution in [0.3, 0.4) is 0 Å². The molecule has 6 amide bonds. The number of piperidine rings is 1. The van der Waals surface area contributed by atoms with E-state index in [1.165, 1.54) is 0 Å². The van der Waals surface area contributed by atoms with Crippen molar-refractivity contribution in [3.05, 3.63) is 81.2 Å². The van der Waals surface area contributed by atoms with E-state index >= 15 is 0 Å². The number of aromatic amines is 1. The molecule has 1 atom stereocenters. The van der Waals surface area contributed by atoms with Gasteiger partial charge >= 0.3 is 0 Å². The molecule has 14 nitrogen and oxygen atoms in total. The Morgan fingerprint density at radius 3 is 2.47 bits per heavy atom. The quantitative estimate of drug-likeness (QED) is 0.124. The fourth-order valence-electron chi connectivity index (χ4n) is 7.15. The number of benzene rings is 2. The first kappa shape index (κ1) is 37.2. The normalized spacial score (nSPS) is 17.5. The van der Waals surface area contributed by atoms with Crippen molar-refractivity contribution >= 4 is 58.5 Å². The second-order valence-electron chi connectivity index (χ2n) is 13.9. The van der Waals surface area contributed by atoms with Gasteiger partial charge in [-0.05, 0) is 88.8 Å². The van der Waals surface area contributed by atoms with Gasteiger partial charge in [0.2, 0.25) is 11.8 Å². The van der Waals surface area contributed by atoms with E-state index in [2.05, 4.69) is 42.1 Å². The van der Waals surface area contributed by atoms with Gasteiger partial charge in [-0.3, -0.25) is 39.0 Å². The van der Waals surface area contributed by atoms with Crippen LogP contribution in [0.2, 0.25) is 0 Å². The summed E-state index contributed by atoms with van der Waals surface area (Å²) < 4.78 is 0. The van der Waals surface area contributed by atoms with E-state index < -0.39 is 29.7 Å². The smallest absolute Gasteiger partial charge is 0.264 e. The summed E-state index contributed by atoms with van der Waals surface area (Å²) in [6, 6.07) is 9.98. The number of likely N-dealkylation sites (N-methyl/N-ethyl adjacent to an activating group) is 2. The third-order valence-corrected chi connectivity index (χ3v) is 10.1. The van der Waals surface area contributed by atoms with E-state index in [0.29, 0.717) is 60.9 Å². The topological polar surface area (TPSA) is 176 Å². The Labute approximate surface area is 308 Å². The number of amides is 6. The molecule has 1 unspecified atom stereocenters. The Hall–Kier alpha value is -5.60. The molecule has 3 aliphatic rings. The number of aryl methyl sites for hydroxylation is 1. The molecule has 4 heterocycles. The zero-order valence-corrected chi connectivity index (χ0v) is 30.8. The Morgan fingerprint density at radius 1 is 0.962 bits per heavy atom. The molecule has 0 spiro atoms. The number of aromatic nitrogens is 1. The van der Waals surface area contributed by atoms with Crippen molar-refractivity contribution in [2.24, 2.45) is 0 Å². The third kappa shape index (κ3) is 7.64. The fraction of sp³-hybridized carbons (Fsp3) is 0.385. The summed E-state index contributed by atoms with van der Waals surface area (Å²) in [4.78, 5) is 85.5. The van der Waals surface area contributed by atoms with Gasteiger partial charge in [0.05, 0.1) is 22.3 Å². The van der Waals surface area contributed by atoms with Crippen molar-refractivity contribution in [2.75, 3.05) is 64.0 Å². The molecule has 6 rings (SSSR count). The molecule has 278 valence electrons. The van der Waals surface area contributed by atoms with Gasteiger partial charge in [-0.2, -0.15) is 0 Å². The van der Waals surface area contributed by atoms with E-state index in [4.69, 9.17) is 0 Å². The van der Waals surface area contributed by atoms with E-state index in [9.17, 15) is 28.8 Å². The molecule has 2 aromatic carbocycles. The van der Waals surface area contributed by atoms with Crippen LogP contribution in [0.5, 0.6) is 0 Å². The lowest BCUT2D eigenvalue weighted by Crippen LogP contribution is -2.54. The predicted octanol–water partition coefficient (Wildman–Crippen LogP) is 2.79. The van der Waals surface area contributed by atoms with Crippen LogP contribution in [0.4, 0.5) is 11.4 Å². The minimum absolute atomic E-state index is 0.0554. The van der Waals surface area contributed by atoms with Gasteiger partial charge in [-0.15, -0.1) is 0 Å². The van der Waals surface area contributed by atoms with Crippen LogP contribution in [-0.4, -0.2) is 115 Å². The highest BCUT2D eigenvalue weighted by Crippen LogP contribution is 2.35. The summed E-state index contributed by atoms with van der Waals surface area (Å²) >= 11 is 0. The number of H-pyrrole nitrogens is 1. The highest BCUT2D eigenvalue weighted by atomic mass is 16.2. The number of hydrogen-bond donors (Lipinski definition) is 5. The van der Waals surface area contributed by atoms with Gasteiger partial charge in [0.25, 0.3) is 23.6 Å². The monoisotopic (exact) mass is 722 g/mol. The van der Waals surface area contributed by atoms with Crippen LogP contribution in [0.25, 0.3) is 11.6 Å². The predicted molar refractivity (Wildman–Crippen MR) is 202 cm³/mol. The molecule has 3 aromatic rings. The van der Waals surface area contributed by atoms with Crippen LogP contribution in [0.1, 0.15) is 78.9 Å². The number of imide groups is 2. The third-order valence-electron chi connectivity index (χ3n) is 10.1. The summed E-state index contributed by atoms with van der Waals surface area (Å²) in [5.74, 6) is -2.57. The number of carbonyl (C=O) groups excluding carboxylic acids is 6.